The molecule has 0 aromatic heterocycles. The summed E-state index contributed by atoms with van der Waals surface area (Å²) in [6, 6.07) is 14.3. The van der Waals surface area contributed by atoms with Crippen LogP contribution in [0.3, 0.4) is 0 Å². The number of halogens is 2. The number of likely N-dealkylation sites (tertiary alicyclic amines) is 1. The van der Waals surface area contributed by atoms with E-state index in [-0.39, 0.29) is 23.5 Å². The van der Waals surface area contributed by atoms with Gasteiger partial charge in [-0.25, -0.2) is 4.39 Å². The lowest BCUT2D eigenvalue weighted by Gasteiger charge is -2.31. The van der Waals surface area contributed by atoms with Crippen molar-refractivity contribution < 1.29 is 13.3 Å². The smallest absolute Gasteiger partial charge is 0.123 e. The molecular weight excluding hydrogens is 373 g/mol. The molecule has 1 aliphatic heterocycles. The first-order valence-corrected chi connectivity index (χ1v) is 9.88. The summed E-state index contributed by atoms with van der Waals surface area (Å²) in [6.07, 6.45) is 2.82. The van der Waals surface area contributed by atoms with Crippen LogP contribution < -0.4 is 4.74 Å². The molecule has 1 unspecified atom stereocenters. The molecule has 0 radical (unpaired) electrons. The van der Waals surface area contributed by atoms with Crippen molar-refractivity contribution in [1.82, 2.24) is 4.90 Å². The fourth-order valence-corrected chi connectivity index (χ4v) is 4.62. The van der Waals surface area contributed by atoms with Gasteiger partial charge in [-0.15, -0.1) is 12.4 Å². The average Bonchev–Trinajstić information content (AvgIpc) is 2.67. The quantitative estimate of drug-likeness (QED) is 0.735. The maximum absolute atomic E-state index is 12.9. The van der Waals surface area contributed by atoms with Gasteiger partial charge in [-0.3, -0.25) is 4.21 Å². The zero-order chi connectivity index (χ0) is 17.6. The van der Waals surface area contributed by atoms with Gasteiger partial charge in [-0.05, 0) is 74.3 Å². The second-order valence-corrected chi connectivity index (χ2v) is 8.12. The predicted octanol–water partition coefficient (Wildman–Crippen LogP) is 4.07. The molecule has 2 aromatic rings. The van der Waals surface area contributed by atoms with Gasteiger partial charge in [0.05, 0.1) is 17.9 Å². The van der Waals surface area contributed by atoms with Crippen LogP contribution in [0.5, 0.6) is 5.75 Å². The third-order valence-corrected chi connectivity index (χ3v) is 6.57. The topological polar surface area (TPSA) is 29.5 Å². The number of hydrogen-bond acceptors (Lipinski definition) is 3. The Labute approximate surface area is 163 Å². The summed E-state index contributed by atoms with van der Waals surface area (Å²) in [7, 11) is 0.671. The van der Waals surface area contributed by atoms with E-state index < -0.39 is 10.8 Å². The summed E-state index contributed by atoms with van der Waals surface area (Å²) in [5.41, 5.74) is 1.16. The van der Waals surface area contributed by atoms with E-state index >= 15 is 0 Å². The number of piperidine rings is 1. The van der Waals surface area contributed by atoms with Crippen LogP contribution in [0.4, 0.5) is 4.39 Å². The molecule has 0 bridgehead atoms. The Hall–Kier alpha value is -1.43. The van der Waals surface area contributed by atoms with Crippen LogP contribution in [0.1, 0.15) is 18.4 Å². The van der Waals surface area contributed by atoms with Crippen LogP contribution in [-0.4, -0.2) is 41.1 Å². The van der Waals surface area contributed by atoms with E-state index in [0.29, 0.717) is 0 Å². The molecule has 0 N–H and O–H groups in total. The Balaban J connectivity index is 0.00000243. The van der Waals surface area contributed by atoms with Crippen LogP contribution in [0, 0.1) is 5.82 Å². The number of hydrogen-bond donors (Lipinski definition) is 0. The average molecular weight is 398 g/mol. The maximum atomic E-state index is 12.9. The number of benzene rings is 2. The molecule has 1 heterocycles. The van der Waals surface area contributed by atoms with E-state index in [1.165, 1.54) is 12.1 Å². The Morgan fingerprint density at radius 2 is 1.69 bits per heavy atom. The van der Waals surface area contributed by atoms with Crippen molar-refractivity contribution in [3.8, 4) is 5.75 Å². The minimum Gasteiger partial charge on any atom is -0.497 e. The molecule has 1 atom stereocenters. The Kier molecular flexibility index (Phi) is 8.07. The molecule has 1 saturated heterocycles. The van der Waals surface area contributed by atoms with Crippen molar-refractivity contribution in [3.63, 3.8) is 0 Å². The normalized spacial score (nSPS) is 16.7. The highest BCUT2D eigenvalue weighted by atomic mass is 35.5. The van der Waals surface area contributed by atoms with Crippen LogP contribution in [0.2, 0.25) is 0 Å². The van der Waals surface area contributed by atoms with Crippen molar-refractivity contribution >= 4 is 23.2 Å². The molecule has 1 aliphatic rings. The van der Waals surface area contributed by atoms with E-state index in [2.05, 4.69) is 4.90 Å². The lowest BCUT2D eigenvalue weighted by Crippen LogP contribution is -2.38. The van der Waals surface area contributed by atoms with Crippen LogP contribution in [0.25, 0.3) is 0 Å². The minimum absolute atomic E-state index is 0. The van der Waals surface area contributed by atoms with Gasteiger partial charge in [-0.1, -0.05) is 12.1 Å². The van der Waals surface area contributed by atoms with E-state index in [9.17, 15) is 8.60 Å². The number of rotatable bonds is 6. The van der Waals surface area contributed by atoms with Gasteiger partial charge in [0.2, 0.25) is 0 Å². The van der Waals surface area contributed by atoms with Gasteiger partial charge in [0.15, 0.2) is 0 Å². The first kappa shape index (κ1) is 20.9. The molecule has 0 saturated carbocycles. The fourth-order valence-electron chi connectivity index (χ4n) is 3.19. The van der Waals surface area contributed by atoms with Crippen molar-refractivity contribution in [2.24, 2.45) is 0 Å². The van der Waals surface area contributed by atoms with E-state index in [0.717, 1.165) is 55.1 Å². The molecule has 0 amide bonds. The summed E-state index contributed by atoms with van der Waals surface area (Å²) < 4.78 is 30.8. The van der Waals surface area contributed by atoms with Crippen molar-refractivity contribution in [2.45, 2.75) is 29.4 Å². The van der Waals surface area contributed by atoms with Crippen LogP contribution in [0.15, 0.2) is 53.4 Å². The van der Waals surface area contributed by atoms with Crippen LogP contribution >= 0.6 is 12.4 Å². The molecule has 3 rings (SSSR count). The van der Waals surface area contributed by atoms with Crippen LogP contribution in [-0.2, 0) is 17.2 Å². The molecule has 26 heavy (non-hydrogen) atoms. The van der Waals surface area contributed by atoms with Gasteiger partial charge in [-0.2, -0.15) is 0 Å². The standard InChI is InChI=1S/C20H24FNO2S.ClH/c1-24-18-6-8-19(9-7-18)25(23)20-11-14-22(15-12-20)13-10-16-2-4-17(21)5-3-16;/h2-9,20H,10-15H2,1H3;1H. The lowest BCUT2D eigenvalue weighted by atomic mass is 10.1. The Morgan fingerprint density at radius 1 is 1.08 bits per heavy atom. The molecule has 142 valence electrons. The monoisotopic (exact) mass is 397 g/mol. The molecule has 6 heteroatoms. The number of methoxy groups -OCH3 is 1. The highest BCUT2D eigenvalue weighted by Gasteiger charge is 2.24. The van der Waals surface area contributed by atoms with Gasteiger partial charge in [0.25, 0.3) is 0 Å². The summed E-state index contributed by atoms with van der Waals surface area (Å²) in [4.78, 5) is 3.29. The highest BCUT2D eigenvalue weighted by molar-refractivity contribution is 7.85. The van der Waals surface area contributed by atoms with Gasteiger partial charge in [0.1, 0.15) is 11.6 Å². The minimum atomic E-state index is -0.961. The first-order chi connectivity index (χ1) is 12.2. The second kappa shape index (κ2) is 10.0. The SMILES string of the molecule is COc1ccc(S(=O)C2CCN(CCc3ccc(F)cc3)CC2)cc1.Cl. The van der Waals surface area contributed by atoms with Gasteiger partial charge in [0, 0.05) is 16.7 Å². The lowest BCUT2D eigenvalue weighted by molar-refractivity contribution is 0.234. The maximum Gasteiger partial charge on any atom is 0.123 e. The zero-order valence-electron chi connectivity index (χ0n) is 14.9. The molecule has 2 aromatic carbocycles. The van der Waals surface area contributed by atoms with Gasteiger partial charge < -0.3 is 9.64 Å². The van der Waals surface area contributed by atoms with Gasteiger partial charge >= 0.3 is 0 Å². The summed E-state index contributed by atoms with van der Waals surface area (Å²) in [5, 5.41) is 0.218. The third-order valence-electron chi connectivity index (χ3n) is 4.76. The second-order valence-electron chi connectivity index (χ2n) is 6.39. The number of ether oxygens (including phenoxy) is 1. The van der Waals surface area contributed by atoms with Crippen molar-refractivity contribution in [3.05, 3.63) is 59.9 Å². The van der Waals surface area contributed by atoms with Crippen molar-refractivity contribution in [2.75, 3.05) is 26.7 Å². The van der Waals surface area contributed by atoms with Crippen molar-refractivity contribution in [1.29, 1.82) is 0 Å². The van der Waals surface area contributed by atoms with E-state index in [4.69, 9.17) is 4.74 Å². The molecular formula is C20H25ClFNO2S. The Morgan fingerprint density at radius 3 is 2.27 bits per heavy atom. The zero-order valence-corrected chi connectivity index (χ0v) is 16.5. The third kappa shape index (κ3) is 5.53. The summed E-state index contributed by atoms with van der Waals surface area (Å²) >= 11 is 0. The molecule has 0 spiro atoms. The molecule has 1 fully saturated rings. The largest absolute Gasteiger partial charge is 0.497 e. The molecule has 3 nitrogen and oxygen atoms in total. The highest BCUT2D eigenvalue weighted by Crippen LogP contribution is 2.23. The molecule has 0 aliphatic carbocycles. The number of nitrogens with zero attached hydrogens (tertiary/aromatic N) is 1. The van der Waals surface area contributed by atoms with E-state index in [1.54, 1.807) is 7.11 Å². The summed E-state index contributed by atoms with van der Waals surface area (Å²) in [5.74, 6) is 0.599. The summed E-state index contributed by atoms with van der Waals surface area (Å²) in [6.45, 7) is 2.90. The Bertz CT molecular complexity index is 701. The van der Waals surface area contributed by atoms with E-state index in [1.807, 2.05) is 36.4 Å². The predicted molar refractivity (Wildman–Crippen MR) is 106 cm³/mol. The first-order valence-electron chi connectivity index (χ1n) is 8.67. The fraction of sp³-hybridized carbons (Fsp3) is 0.400.